The van der Waals surface area contributed by atoms with E-state index in [0.29, 0.717) is 11.5 Å². The summed E-state index contributed by atoms with van der Waals surface area (Å²) in [5, 5.41) is 0. The second kappa shape index (κ2) is 3.17. The molecular formula is C11H19NO. The van der Waals surface area contributed by atoms with Crippen LogP contribution in [0.15, 0.2) is 11.6 Å². The predicted molar refractivity (Wildman–Crippen MR) is 54.4 cm³/mol. The molecule has 0 N–H and O–H groups in total. The molecule has 1 unspecified atom stereocenters. The fourth-order valence-electron chi connectivity index (χ4n) is 1.60. The molecule has 0 radical (unpaired) electrons. The van der Waals surface area contributed by atoms with E-state index >= 15 is 0 Å². The Morgan fingerprint density at radius 3 is 2.23 bits per heavy atom. The SMILES string of the molecule is CC(C)=CC(=O)N(C)C1CC1(C)C. The van der Waals surface area contributed by atoms with Crippen molar-refractivity contribution in [3.8, 4) is 0 Å². The zero-order valence-corrected chi connectivity index (χ0v) is 9.22. The fraction of sp³-hybridized carbons (Fsp3) is 0.727. The van der Waals surface area contributed by atoms with Crippen molar-refractivity contribution >= 4 is 5.91 Å². The van der Waals surface area contributed by atoms with Crippen LogP contribution >= 0.6 is 0 Å². The van der Waals surface area contributed by atoms with Crippen LogP contribution in [0, 0.1) is 5.41 Å². The number of likely N-dealkylation sites (N-methyl/N-ethyl adjacent to an activating group) is 1. The third kappa shape index (κ3) is 2.33. The summed E-state index contributed by atoms with van der Waals surface area (Å²) >= 11 is 0. The first-order valence-electron chi connectivity index (χ1n) is 4.76. The minimum absolute atomic E-state index is 0.135. The monoisotopic (exact) mass is 181 g/mol. The number of carbonyl (C=O) groups excluding carboxylic acids is 1. The Kier molecular flexibility index (Phi) is 2.51. The average Bonchev–Trinajstić information content (AvgIpc) is 2.57. The highest BCUT2D eigenvalue weighted by Crippen LogP contribution is 2.48. The summed E-state index contributed by atoms with van der Waals surface area (Å²) in [7, 11) is 1.89. The minimum Gasteiger partial charge on any atom is -0.339 e. The van der Waals surface area contributed by atoms with Crippen LogP contribution < -0.4 is 0 Å². The molecule has 0 heterocycles. The molecule has 0 spiro atoms. The highest BCUT2D eigenvalue weighted by molar-refractivity contribution is 5.88. The van der Waals surface area contributed by atoms with E-state index in [1.165, 1.54) is 0 Å². The molecule has 1 saturated carbocycles. The van der Waals surface area contributed by atoms with Crippen molar-refractivity contribution in [1.29, 1.82) is 0 Å². The molecule has 0 aromatic carbocycles. The van der Waals surface area contributed by atoms with Crippen LogP contribution in [0.5, 0.6) is 0 Å². The molecule has 74 valence electrons. The van der Waals surface area contributed by atoms with Crippen molar-refractivity contribution in [1.82, 2.24) is 4.90 Å². The quantitative estimate of drug-likeness (QED) is 0.598. The number of rotatable bonds is 2. The summed E-state index contributed by atoms with van der Waals surface area (Å²) in [4.78, 5) is 13.4. The van der Waals surface area contributed by atoms with Gasteiger partial charge in [-0.05, 0) is 25.7 Å². The second-order valence-corrected chi connectivity index (χ2v) is 4.88. The Morgan fingerprint density at radius 2 is 1.92 bits per heavy atom. The van der Waals surface area contributed by atoms with E-state index in [1.807, 2.05) is 25.8 Å². The van der Waals surface area contributed by atoms with Gasteiger partial charge in [0, 0.05) is 19.2 Å². The largest absolute Gasteiger partial charge is 0.339 e. The third-order valence-corrected chi connectivity index (χ3v) is 2.69. The van der Waals surface area contributed by atoms with E-state index in [1.54, 1.807) is 6.08 Å². The van der Waals surface area contributed by atoms with Crippen LogP contribution in [0.25, 0.3) is 0 Å². The Hall–Kier alpha value is -0.790. The van der Waals surface area contributed by atoms with Crippen molar-refractivity contribution in [3.05, 3.63) is 11.6 Å². The van der Waals surface area contributed by atoms with Gasteiger partial charge in [0.25, 0.3) is 0 Å². The van der Waals surface area contributed by atoms with E-state index < -0.39 is 0 Å². The van der Waals surface area contributed by atoms with Crippen LogP contribution in [0.1, 0.15) is 34.1 Å². The molecule has 2 nitrogen and oxygen atoms in total. The van der Waals surface area contributed by atoms with Gasteiger partial charge in [-0.25, -0.2) is 0 Å². The third-order valence-electron chi connectivity index (χ3n) is 2.69. The molecule has 2 heteroatoms. The molecule has 0 aromatic rings. The van der Waals surface area contributed by atoms with Gasteiger partial charge in [-0.1, -0.05) is 19.4 Å². The highest BCUT2D eigenvalue weighted by Gasteiger charge is 2.49. The molecule has 1 aliphatic carbocycles. The lowest BCUT2D eigenvalue weighted by atomic mass is 10.2. The van der Waals surface area contributed by atoms with Gasteiger partial charge in [0.1, 0.15) is 0 Å². The maximum absolute atomic E-state index is 11.6. The zero-order chi connectivity index (χ0) is 10.2. The lowest BCUT2D eigenvalue weighted by Gasteiger charge is -2.17. The molecule has 1 atom stereocenters. The number of allylic oxidation sites excluding steroid dienone is 1. The Balaban J connectivity index is 2.55. The number of amides is 1. The molecule has 1 fully saturated rings. The molecule has 1 aliphatic rings. The van der Waals surface area contributed by atoms with E-state index in [0.717, 1.165) is 12.0 Å². The Morgan fingerprint density at radius 1 is 1.46 bits per heavy atom. The Labute approximate surface area is 80.6 Å². The van der Waals surface area contributed by atoms with Gasteiger partial charge in [-0.3, -0.25) is 4.79 Å². The van der Waals surface area contributed by atoms with Gasteiger partial charge in [0.15, 0.2) is 0 Å². The predicted octanol–water partition coefficient (Wildman–Crippen LogP) is 2.21. The van der Waals surface area contributed by atoms with E-state index in [9.17, 15) is 4.79 Å². The normalized spacial score (nSPS) is 23.6. The first-order chi connectivity index (χ1) is 5.84. The fourth-order valence-corrected chi connectivity index (χ4v) is 1.60. The summed E-state index contributed by atoms with van der Waals surface area (Å²) in [6.45, 7) is 8.29. The van der Waals surface area contributed by atoms with Crippen molar-refractivity contribution in [2.24, 2.45) is 5.41 Å². The van der Waals surface area contributed by atoms with Crippen LogP contribution in [0.2, 0.25) is 0 Å². The molecule has 1 amide bonds. The highest BCUT2D eigenvalue weighted by atomic mass is 16.2. The van der Waals surface area contributed by atoms with Crippen LogP contribution in [0.3, 0.4) is 0 Å². The summed E-state index contributed by atoms with van der Waals surface area (Å²) in [6.07, 6.45) is 2.83. The summed E-state index contributed by atoms with van der Waals surface area (Å²) in [6, 6.07) is 0.440. The van der Waals surface area contributed by atoms with Crippen molar-refractivity contribution in [2.75, 3.05) is 7.05 Å². The van der Waals surface area contributed by atoms with Gasteiger partial charge in [-0.2, -0.15) is 0 Å². The van der Waals surface area contributed by atoms with E-state index in [-0.39, 0.29) is 5.91 Å². The van der Waals surface area contributed by atoms with Gasteiger partial charge < -0.3 is 4.90 Å². The molecule has 1 rings (SSSR count). The summed E-state index contributed by atoms with van der Waals surface area (Å²) in [5.41, 5.74) is 1.40. The molecule has 0 aromatic heterocycles. The summed E-state index contributed by atoms with van der Waals surface area (Å²) in [5.74, 6) is 0.135. The molecular weight excluding hydrogens is 162 g/mol. The van der Waals surface area contributed by atoms with Gasteiger partial charge in [-0.15, -0.1) is 0 Å². The molecule has 0 aliphatic heterocycles. The summed E-state index contributed by atoms with van der Waals surface area (Å²) < 4.78 is 0. The number of hydrogen-bond donors (Lipinski definition) is 0. The maximum Gasteiger partial charge on any atom is 0.246 e. The lowest BCUT2D eigenvalue weighted by Crippen LogP contribution is -2.29. The number of carbonyl (C=O) groups is 1. The zero-order valence-electron chi connectivity index (χ0n) is 9.22. The van der Waals surface area contributed by atoms with E-state index in [2.05, 4.69) is 13.8 Å². The van der Waals surface area contributed by atoms with Crippen molar-refractivity contribution in [2.45, 2.75) is 40.2 Å². The minimum atomic E-state index is 0.135. The van der Waals surface area contributed by atoms with Crippen molar-refractivity contribution in [3.63, 3.8) is 0 Å². The van der Waals surface area contributed by atoms with Gasteiger partial charge >= 0.3 is 0 Å². The standard InChI is InChI=1S/C11H19NO/c1-8(2)6-10(13)12(5)9-7-11(9,3)4/h6,9H,7H2,1-5H3. The molecule has 0 saturated heterocycles. The first kappa shape index (κ1) is 10.3. The molecule has 0 bridgehead atoms. The van der Waals surface area contributed by atoms with Gasteiger partial charge in [0.05, 0.1) is 0 Å². The van der Waals surface area contributed by atoms with Crippen LogP contribution in [-0.2, 0) is 4.79 Å². The second-order valence-electron chi connectivity index (χ2n) is 4.88. The topological polar surface area (TPSA) is 20.3 Å². The maximum atomic E-state index is 11.6. The van der Waals surface area contributed by atoms with Gasteiger partial charge in [0.2, 0.25) is 5.91 Å². The Bertz CT molecular complexity index is 249. The first-order valence-corrected chi connectivity index (χ1v) is 4.76. The van der Waals surface area contributed by atoms with Crippen LogP contribution in [-0.4, -0.2) is 23.9 Å². The number of nitrogens with zero attached hydrogens (tertiary/aromatic N) is 1. The average molecular weight is 181 g/mol. The smallest absolute Gasteiger partial charge is 0.246 e. The van der Waals surface area contributed by atoms with E-state index in [4.69, 9.17) is 0 Å². The molecule has 13 heavy (non-hydrogen) atoms. The van der Waals surface area contributed by atoms with Crippen molar-refractivity contribution < 1.29 is 4.79 Å². The number of hydrogen-bond acceptors (Lipinski definition) is 1. The lowest BCUT2D eigenvalue weighted by molar-refractivity contribution is -0.125. The van der Waals surface area contributed by atoms with Crippen LogP contribution in [0.4, 0.5) is 0 Å².